The SMILES string of the molecule is CC(C#N)NCCc1ccc2c(c1)CC(=O)N2. The average molecular weight is 229 g/mol. The lowest BCUT2D eigenvalue weighted by molar-refractivity contribution is -0.115. The van der Waals surface area contributed by atoms with Crippen molar-refractivity contribution in [2.45, 2.75) is 25.8 Å². The van der Waals surface area contributed by atoms with Crippen molar-refractivity contribution >= 4 is 11.6 Å². The Bertz CT molecular complexity index is 476. The second-order valence-corrected chi connectivity index (χ2v) is 4.27. The van der Waals surface area contributed by atoms with Gasteiger partial charge in [0.1, 0.15) is 0 Å². The van der Waals surface area contributed by atoms with Gasteiger partial charge in [-0.3, -0.25) is 4.79 Å². The minimum Gasteiger partial charge on any atom is -0.326 e. The van der Waals surface area contributed by atoms with Gasteiger partial charge in [0.15, 0.2) is 0 Å². The van der Waals surface area contributed by atoms with Gasteiger partial charge in [-0.25, -0.2) is 0 Å². The van der Waals surface area contributed by atoms with Gasteiger partial charge in [0.05, 0.1) is 18.5 Å². The number of hydrogen-bond donors (Lipinski definition) is 2. The number of amides is 1. The van der Waals surface area contributed by atoms with Crippen molar-refractivity contribution in [3.8, 4) is 6.07 Å². The number of anilines is 1. The van der Waals surface area contributed by atoms with E-state index in [1.807, 2.05) is 19.1 Å². The highest BCUT2D eigenvalue weighted by molar-refractivity contribution is 5.99. The molecule has 0 radical (unpaired) electrons. The van der Waals surface area contributed by atoms with Crippen molar-refractivity contribution in [3.05, 3.63) is 29.3 Å². The van der Waals surface area contributed by atoms with Crippen LogP contribution in [0.25, 0.3) is 0 Å². The summed E-state index contributed by atoms with van der Waals surface area (Å²) in [5.41, 5.74) is 3.19. The first-order chi connectivity index (χ1) is 8.19. The highest BCUT2D eigenvalue weighted by atomic mass is 16.1. The number of nitrogens with one attached hydrogen (secondary N) is 2. The Kier molecular flexibility index (Phi) is 3.40. The van der Waals surface area contributed by atoms with Crippen LogP contribution in [0.15, 0.2) is 18.2 Å². The van der Waals surface area contributed by atoms with Crippen molar-refractivity contribution < 1.29 is 4.79 Å². The van der Waals surface area contributed by atoms with Crippen LogP contribution >= 0.6 is 0 Å². The third-order valence-corrected chi connectivity index (χ3v) is 2.85. The molecule has 0 saturated heterocycles. The minimum atomic E-state index is -0.118. The van der Waals surface area contributed by atoms with Crippen LogP contribution < -0.4 is 10.6 Å². The van der Waals surface area contributed by atoms with Gasteiger partial charge in [-0.2, -0.15) is 5.26 Å². The molecule has 1 amide bonds. The molecule has 4 heteroatoms. The average Bonchev–Trinajstić information content (AvgIpc) is 2.68. The van der Waals surface area contributed by atoms with Crippen LogP contribution in [-0.2, 0) is 17.6 Å². The molecule has 1 aromatic carbocycles. The Morgan fingerprint density at radius 3 is 3.18 bits per heavy atom. The van der Waals surface area contributed by atoms with E-state index in [0.29, 0.717) is 6.42 Å². The first-order valence-corrected chi connectivity index (χ1v) is 5.73. The molecule has 0 bridgehead atoms. The molecule has 2 N–H and O–H groups in total. The molecule has 2 rings (SSSR count). The molecule has 0 spiro atoms. The van der Waals surface area contributed by atoms with E-state index in [4.69, 9.17) is 5.26 Å². The van der Waals surface area contributed by atoms with Gasteiger partial charge in [0, 0.05) is 12.2 Å². The summed E-state index contributed by atoms with van der Waals surface area (Å²) in [4.78, 5) is 11.2. The highest BCUT2D eigenvalue weighted by Gasteiger charge is 2.17. The number of fused-ring (bicyclic) bond motifs is 1. The van der Waals surface area contributed by atoms with Crippen LogP contribution in [0.2, 0.25) is 0 Å². The summed E-state index contributed by atoms with van der Waals surface area (Å²) in [6, 6.07) is 8.04. The first kappa shape index (κ1) is 11.6. The van der Waals surface area contributed by atoms with Crippen molar-refractivity contribution in [1.82, 2.24) is 5.32 Å². The maximum Gasteiger partial charge on any atom is 0.228 e. The normalized spacial score (nSPS) is 14.9. The van der Waals surface area contributed by atoms with Crippen LogP contribution in [0.4, 0.5) is 5.69 Å². The van der Waals surface area contributed by atoms with Crippen LogP contribution in [0, 0.1) is 11.3 Å². The molecule has 0 aromatic heterocycles. The maximum absolute atomic E-state index is 11.2. The van der Waals surface area contributed by atoms with Crippen molar-refractivity contribution in [2.75, 3.05) is 11.9 Å². The molecule has 0 fully saturated rings. The van der Waals surface area contributed by atoms with Crippen molar-refractivity contribution in [1.29, 1.82) is 5.26 Å². The van der Waals surface area contributed by atoms with E-state index >= 15 is 0 Å². The Balaban J connectivity index is 1.93. The summed E-state index contributed by atoms with van der Waals surface area (Å²) in [5.74, 6) is 0.0633. The standard InChI is InChI=1S/C13H15N3O/c1-9(8-14)15-5-4-10-2-3-12-11(6-10)7-13(17)16-12/h2-3,6,9,15H,4-5,7H2,1H3,(H,16,17). The topological polar surface area (TPSA) is 64.9 Å². The fraction of sp³-hybridized carbons (Fsp3) is 0.385. The fourth-order valence-corrected chi connectivity index (χ4v) is 1.92. The zero-order valence-corrected chi connectivity index (χ0v) is 9.79. The van der Waals surface area contributed by atoms with Gasteiger partial charge in [-0.1, -0.05) is 12.1 Å². The quantitative estimate of drug-likeness (QED) is 0.816. The number of benzene rings is 1. The molecule has 17 heavy (non-hydrogen) atoms. The van der Waals surface area contributed by atoms with Gasteiger partial charge in [0.25, 0.3) is 0 Å². The van der Waals surface area contributed by atoms with Gasteiger partial charge < -0.3 is 10.6 Å². The van der Waals surface area contributed by atoms with E-state index in [9.17, 15) is 4.79 Å². The lowest BCUT2D eigenvalue weighted by atomic mass is 10.1. The molecule has 1 aliphatic heterocycles. The largest absolute Gasteiger partial charge is 0.326 e. The van der Waals surface area contributed by atoms with E-state index in [1.54, 1.807) is 0 Å². The number of nitriles is 1. The Morgan fingerprint density at radius 1 is 1.59 bits per heavy atom. The lowest BCUT2D eigenvalue weighted by Crippen LogP contribution is -2.26. The Labute approximate surface area is 101 Å². The Hall–Kier alpha value is -1.86. The van der Waals surface area contributed by atoms with Gasteiger partial charge in [-0.15, -0.1) is 0 Å². The first-order valence-electron chi connectivity index (χ1n) is 5.73. The predicted molar refractivity (Wildman–Crippen MR) is 65.6 cm³/mol. The molecular formula is C13H15N3O. The smallest absolute Gasteiger partial charge is 0.228 e. The molecule has 1 aromatic rings. The van der Waals surface area contributed by atoms with E-state index in [2.05, 4.69) is 22.8 Å². The molecule has 4 nitrogen and oxygen atoms in total. The molecule has 0 aliphatic carbocycles. The summed E-state index contributed by atoms with van der Waals surface area (Å²) in [6.45, 7) is 2.61. The zero-order valence-electron chi connectivity index (χ0n) is 9.79. The lowest BCUT2D eigenvalue weighted by Gasteiger charge is -2.07. The summed E-state index contributed by atoms with van der Waals surface area (Å²) >= 11 is 0. The molecular weight excluding hydrogens is 214 g/mol. The number of carbonyl (C=O) groups is 1. The van der Waals surface area contributed by atoms with Gasteiger partial charge in [-0.05, 0) is 30.5 Å². The number of hydrogen-bond acceptors (Lipinski definition) is 3. The van der Waals surface area contributed by atoms with Crippen LogP contribution in [0.3, 0.4) is 0 Å². The highest BCUT2D eigenvalue weighted by Crippen LogP contribution is 2.23. The maximum atomic E-state index is 11.2. The third-order valence-electron chi connectivity index (χ3n) is 2.85. The summed E-state index contributed by atoms with van der Waals surface area (Å²) in [5, 5.41) is 14.6. The number of nitrogens with zero attached hydrogens (tertiary/aromatic N) is 1. The predicted octanol–water partition coefficient (Wildman–Crippen LogP) is 1.23. The second-order valence-electron chi connectivity index (χ2n) is 4.27. The molecule has 1 heterocycles. The Morgan fingerprint density at radius 2 is 2.41 bits per heavy atom. The second kappa shape index (κ2) is 4.98. The van der Waals surface area contributed by atoms with E-state index in [-0.39, 0.29) is 11.9 Å². The van der Waals surface area contributed by atoms with E-state index in [0.717, 1.165) is 24.2 Å². The third kappa shape index (κ3) is 2.83. The molecule has 1 atom stereocenters. The fourth-order valence-electron chi connectivity index (χ4n) is 1.92. The summed E-state index contributed by atoms with van der Waals surface area (Å²) in [6.07, 6.45) is 1.35. The van der Waals surface area contributed by atoms with Crippen LogP contribution in [0.5, 0.6) is 0 Å². The minimum absolute atomic E-state index is 0.0633. The molecule has 1 unspecified atom stereocenters. The van der Waals surface area contributed by atoms with E-state index < -0.39 is 0 Å². The van der Waals surface area contributed by atoms with Crippen LogP contribution in [-0.4, -0.2) is 18.5 Å². The summed E-state index contributed by atoms with van der Waals surface area (Å²) < 4.78 is 0. The van der Waals surface area contributed by atoms with Gasteiger partial charge >= 0.3 is 0 Å². The summed E-state index contributed by atoms with van der Waals surface area (Å²) in [7, 11) is 0. The van der Waals surface area contributed by atoms with Gasteiger partial charge in [0.2, 0.25) is 5.91 Å². The zero-order chi connectivity index (χ0) is 12.3. The monoisotopic (exact) mass is 229 g/mol. The van der Waals surface area contributed by atoms with Crippen LogP contribution in [0.1, 0.15) is 18.1 Å². The van der Waals surface area contributed by atoms with E-state index in [1.165, 1.54) is 5.56 Å². The van der Waals surface area contributed by atoms with Crippen molar-refractivity contribution in [3.63, 3.8) is 0 Å². The molecule has 88 valence electrons. The number of carbonyl (C=O) groups excluding carboxylic acids is 1. The molecule has 1 aliphatic rings. The number of rotatable bonds is 4. The van der Waals surface area contributed by atoms with Crippen molar-refractivity contribution in [2.24, 2.45) is 0 Å². The molecule has 0 saturated carbocycles.